The largest absolute Gasteiger partial charge is 0.362 e. The molecule has 0 radical (unpaired) electrons. The van der Waals surface area contributed by atoms with Crippen molar-refractivity contribution in [2.24, 2.45) is 0 Å². The molecule has 6 nitrogen and oxygen atoms in total. The molecule has 2 rings (SSSR count). The molecule has 0 spiro atoms. The number of hydrogen-bond acceptors (Lipinski definition) is 6. The van der Waals surface area contributed by atoms with Crippen LogP contribution in [0.1, 0.15) is 11.3 Å². The van der Waals surface area contributed by atoms with Gasteiger partial charge in [0.25, 0.3) is 0 Å². The van der Waals surface area contributed by atoms with Crippen LogP contribution in [0.5, 0.6) is 0 Å². The molecule has 7 heteroatoms. The number of hydrogen-bond donors (Lipinski definition) is 2. The highest BCUT2D eigenvalue weighted by Crippen LogP contribution is 2.09. The van der Waals surface area contributed by atoms with E-state index in [0.717, 1.165) is 17.0 Å². The predicted molar refractivity (Wildman–Crippen MR) is 59.0 cm³/mol. The molecule has 0 amide bonds. The lowest BCUT2D eigenvalue weighted by Gasteiger charge is -2.03. The molecule has 80 valence electrons. The van der Waals surface area contributed by atoms with Crippen LogP contribution in [0.3, 0.4) is 0 Å². The summed E-state index contributed by atoms with van der Waals surface area (Å²) in [5, 5.41) is 20.9. The van der Waals surface area contributed by atoms with Gasteiger partial charge in [0, 0.05) is 11.1 Å². The first-order valence-corrected chi connectivity index (χ1v) is 5.30. The van der Waals surface area contributed by atoms with Crippen molar-refractivity contribution in [2.45, 2.75) is 6.54 Å². The zero-order valence-electron chi connectivity index (χ0n) is 8.10. The second kappa shape index (κ2) is 4.55. The number of rotatable bonds is 3. The topological polar surface area (TPSA) is 94.5 Å². The molecule has 2 aromatic heterocycles. The number of nitrogens with one attached hydrogen (secondary N) is 2. The van der Waals surface area contributed by atoms with E-state index in [2.05, 4.69) is 20.5 Å². The fourth-order valence-corrected chi connectivity index (χ4v) is 1.71. The quantitative estimate of drug-likeness (QED) is 0.814. The van der Waals surface area contributed by atoms with E-state index in [1.807, 2.05) is 6.07 Å². The first-order valence-electron chi connectivity index (χ1n) is 4.42. The Morgan fingerprint density at radius 3 is 3.19 bits per heavy atom. The van der Waals surface area contributed by atoms with Gasteiger partial charge in [-0.1, -0.05) is 11.3 Å². The molecule has 0 aliphatic heterocycles. The van der Waals surface area contributed by atoms with Crippen molar-refractivity contribution >= 4 is 17.2 Å². The Morgan fingerprint density at radius 1 is 1.62 bits per heavy atom. The van der Waals surface area contributed by atoms with Gasteiger partial charge in [-0.3, -0.25) is 4.79 Å². The van der Waals surface area contributed by atoms with E-state index in [4.69, 9.17) is 5.26 Å². The maximum atomic E-state index is 10.9. The van der Waals surface area contributed by atoms with E-state index in [9.17, 15) is 4.79 Å². The van der Waals surface area contributed by atoms with Gasteiger partial charge in [-0.15, -0.1) is 5.10 Å². The lowest BCUT2D eigenvalue weighted by atomic mass is 10.3. The van der Waals surface area contributed by atoms with Crippen LogP contribution >= 0.6 is 11.3 Å². The van der Waals surface area contributed by atoms with Gasteiger partial charge >= 0.3 is 4.87 Å². The molecule has 0 unspecified atom stereocenters. The SMILES string of the molecule is N#Cc1ccnnc1NCc1csc(=O)[nH]1. The van der Waals surface area contributed by atoms with Crippen LogP contribution in [-0.4, -0.2) is 15.2 Å². The van der Waals surface area contributed by atoms with E-state index in [1.54, 1.807) is 11.4 Å². The molecule has 2 heterocycles. The van der Waals surface area contributed by atoms with Crippen LogP contribution in [0.4, 0.5) is 5.82 Å². The molecule has 2 N–H and O–H groups in total. The summed E-state index contributed by atoms with van der Waals surface area (Å²) in [6.45, 7) is 0.409. The van der Waals surface area contributed by atoms with Crippen molar-refractivity contribution in [3.63, 3.8) is 0 Å². The number of anilines is 1. The lowest BCUT2D eigenvalue weighted by molar-refractivity contribution is 0.977. The highest BCUT2D eigenvalue weighted by molar-refractivity contribution is 7.07. The number of H-pyrrole nitrogens is 1. The summed E-state index contributed by atoms with van der Waals surface area (Å²) in [7, 11) is 0. The van der Waals surface area contributed by atoms with Gasteiger partial charge in [0.1, 0.15) is 6.07 Å². The first kappa shape index (κ1) is 10.3. The summed E-state index contributed by atoms with van der Waals surface area (Å²) >= 11 is 1.10. The van der Waals surface area contributed by atoms with Crippen molar-refractivity contribution in [2.75, 3.05) is 5.32 Å². The van der Waals surface area contributed by atoms with Crippen LogP contribution in [0.15, 0.2) is 22.4 Å². The Hall–Kier alpha value is -2.20. The second-order valence-electron chi connectivity index (χ2n) is 2.93. The zero-order chi connectivity index (χ0) is 11.4. The molecular weight excluding hydrogens is 226 g/mol. The Kier molecular flexibility index (Phi) is 2.93. The molecule has 0 aliphatic carbocycles. The third-order valence-electron chi connectivity index (χ3n) is 1.86. The summed E-state index contributed by atoms with van der Waals surface area (Å²) in [6.07, 6.45) is 1.45. The third kappa shape index (κ3) is 2.24. The molecule has 0 aliphatic rings. The predicted octanol–water partition coefficient (Wildman–Crippen LogP) is 0.710. The highest BCUT2D eigenvalue weighted by atomic mass is 32.1. The number of thiazole rings is 1. The monoisotopic (exact) mass is 233 g/mol. The van der Waals surface area contributed by atoms with Crippen LogP contribution in [0.2, 0.25) is 0 Å². The molecule has 2 aromatic rings. The summed E-state index contributed by atoms with van der Waals surface area (Å²) in [6, 6.07) is 3.58. The molecule has 0 atom stereocenters. The Bertz CT molecular complexity index is 582. The number of nitrogens with zero attached hydrogens (tertiary/aromatic N) is 3. The Labute approximate surface area is 94.6 Å². The van der Waals surface area contributed by atoms with Crippen molar-refractivity contribution in [1.82, 2.24) is 15.2 Å². The van der Waals surface area contributed by atoms with Gasteiger partial charge in [-0.25, -0.2) is 0 Å². The maximum Gasteiger partial charge on any atom is 0.304 e. The third-order valence-corrected chi connectivity index (χ3v) is 2.58. The van der Waals surface area contributed by atoms with Gasteiger partial charge in [-0.05, 0) is 6.07 Å². The minimum atomic E-state index is -0.101. The number of aromatic nitrogens is 3. The highest BCUT2D eigenvalue weighted by Gasteiger charge is 2.03. The molecule has 0 saturated carbocycles. The molecular formula is C9H7N5OS. The van der Waals surface area contributed by atoms with Crippen molar-refractivity contribution in [1.29, 1.82) is 5.26 Å². The number of aromatic amines is 1. The van der Waals surface area contributed by atoms with Crippen molar-refractivity contribution < 1.29 is 0 Å². The van der Waals surface area contributed by atoms with Crippen LogP contribution in [-0.2, 0) is 6.54 Å². The smallest absolute Gasteiger partial charge is 0.304 e. The van der Waals surface area contributed by atoms with E-state index in [-0.39, 0.29) is 4.87 Å². The average Bonchev–Trinajstić information content (AvgIpc) is 2.73. The minimum absolute atomic E-state index is 0.101. The Morgan fingerprint density at radius 2 is 2.50 bits per heavy atom. The van der Waals surface area contributed by atoms with Crippen molar-refractivity contribution in [3.8, 4) is 6.07 Å². The molecule has 0 aromatic carbocycles. The molecule has 0 bridgehead atoms. The average molecular weight is 233 g/mol. The standard InChI is InChI=1S/C9H7N5OS/c10-3-6-1-2-12-14-8(6)11-4-7-5-16-9(15)13-7/h1-2,5H,4H2,(H,11,14)(H,13,15). The zero-order valence-corrected chi connectivity index (χ0v) is 8.91. The minimum Gasteiger partial charge on any atom is -0.362 e. The molecule has 0 fully saturated rings. The fraction of sp³-hybridized carbons (Fsp3) is 0.111. The van der Waals surface area contributed by atoms with Gasteiger partial charge in [0.15, 0.2) is 5.82 Å². The molecule has 0 saturated heterocycles. The molecule has 16 heavy (non-hydrogen) atoms. The van der Waals surface area contributed by atoms with Crippen LogP contribution in [0, 0.1) is 11.3 Å². The summed E-state index contributed by atoms with van der Waals surface area (Å²) in [5.74, 6) is 0.414. The van der Waals surface area contributed by atoms with E-state index in [0.29, 0.717) is 17.9 Å². The lowest BCUT2D eigenvalue weighted by Crippen LogP contribution is -2.06. The first-order chi connectivity index (χ1) is 7.79. The summed E-state index contributed by atoms with van der Waals surface area (Å²) in [5.41, 5.74) is 1.18. The normalized spacial score (nSPS) is 9.69. The van der Waals surface area contributed by atoms with Crippen LogP contribution < -0.4 is 10.2 Å². The Balaban J connectivity index is 2.11. The van der Waals surface area contributed by atoms with Gasteiger partial charge < -0.3 is 10.3 Å². The maximum absolute atomic E-state index is 10.9. The van der Waals surface area contributed by atoms with E-state index >= 15 is 0 Å². The summed E-state index contributed by atoms with van der Waals surface area (Å²) in [4.78, 5) is 13.4. The van der Waals surface area contributed by atoms with Gasteiger partial charge in [0.2, 0.25) is 0 Å². The van der Waals surface area contributed by atoms with E-state index < -0.39 is 0 Å². The number of nitriles is 1. The van der Waals surface area contributed by atoms with Gasteiger partial charge in [0.05, 0.1) is 18.3 Å². The van der Waals surface area contributed by atoms with Crippen molar-refractivity contribution in [3.05, 3.63) is 38.6 Å². The summed E-state index contributed by atoms with van der Waals surface area (Å²) < 4.78 is 0. The van der Waals surface area contributed by atoms with Gasteiger partial charge in [-0.2, -0.15) is 10.4 Å². The van der Waals surface area contributed by atoms with E-state index in [1.165, 1.54) is 6.20 Å². The fourth-order valence-electron chi connectivity index (χ4n) is 1.13. The van der Waals surface area contributed by atoms with Crippen LogP contribution in [0.25, 0.3) is 0 Å². The second-order valence-corrected chi connectivity index (χ2v) is 3.77.